The lowest BCUT2D eigenvalue weighted by atomic mass is 10.3. The fraction of sp³-hybridized carbons (Fsp3) is 0.267. The standard InChI is InChI=1S/C15H14BrFN2O3S/c16-11-4-5-15(18-9-11)22-13-6-7-19(10-13)23(20,21)14-3-1-2-12(17)8-14/h1-5,8-9,13H,6-7,10H2. The molecule has 1 aromatic heterocycles. The van der Waals surface area contributed by atoms with E-state index in [4.69, 9.17) is 4.74 Å². The number of rotatable bonds is 4. The predicted octanol–water partition coefficient (Wildman–Crippen LogP) is 2.83. The molecule has 0 aliphatic carbocycles. The van der Waals surface area contributed by atoms with Gasteiger partial charge in [0.05, 0.1) is 11.4 Å². The molecule has 1 aliphatic rings. The van der Waals surface area contributed by atoms with E-state index in [1.54, 1.807) is 18.3 Å². The zero-order chi connectivity index (χ0) is 16.4. The van der Waals surface area contributed by atoms with Gasteiger partial charge < -0.3 is 4.74 Å². The number of nitrogens with zero attached hydrogens (tertiary/aromatic N) is 2. The van der Waals surface area contributed by atoms with E-state index >= 15 is 0 Å². The molecule has 0 saturated carbocycles. The van der Waals surface area contributed by atoms with Crippen LogP contribution in [0.5, 0.6) is 5.88 Å². The van der Waals surface area contributed by atoms with Crippen LogP contribution in [0.1, 0.15) is 6.42 Å². The summed E-state index contributed by atoms with van der Waals surface area (Å²) in [5.41, 5.74) is 0. The van der Waals surface area contributed by atoms with Gasteiger partial charge in [-0.25, -0.2) is 17.8 Å². The lowest BCUT2D eigenvalue weighted by Gasteiger charge is -2.17. The first-order chi connectivity index (χ1) is 10.9. The van der Waals surface area contributed by atoms with Gasteiger partial charge in [0.2, 0.25) is 15.9 Å². The molecule has 0 radical (unpaired) electrons. The molecule has 1 aromatic carbocycles. The van der Waals surface area contributed by atoms with Crippen LogP contribution in [-0.4, -0.2) is 36.9 Å². The van der Waals surface area contributed by atoms with Crippen molar-refractivity contribution >= 4 is 26.0 Å². The molecule has 23 heavy (non-hydrogen) atoms. The zero-order valence-corrected chi connectivity index (χ0v) is 14.4. The molecule has 8 heteroatoms. The van der Waals surface area contributed by atoms with E-state index in [1.165, 1.54) is 22.5 Å². The van der Waals surface area contributed by atoms with Gasteiger partial charge in [-0.1, -0.05) is 6.07 Å². The number of benzene rings is 1. The number of hydrogen-bond donors (Lipinski definition) is 0. The number of pyridine rings is 1. The van der Waals surface area contributed by atoms with Crippen molar-refractivity contribution in [2.75, 3.05) is 13.1 Å². The molecule has 3 rings (SSSR count). The Bertz CT molecular complexity index is 799. The fourth-order valence-corrected chi connectivity index (χ4v) is 4.14. The molecule has 2 aromatic rings. The zero-order valence-electron chi connectivity index (χ0n) is 12.0. The van der Waals surface area contributed by atoms with Crippen molar-refractivity contribution in [3.63, 3.8) is 0 Å². The van der Waals surface area contributed by atoms with Gasteiger partial charge >= 0.3 is 0 Å². The minimum Gasteiger partial charge on any atom is -0.473 e. The predicted molar refractivity (Wildman–Crippen MR) is 86.1 cm³/mol. The largest absolute Gasteiger partial charge is 0.473 e. The SMILES string of the molecule is O=S(=O)(c1cccc(F)c1)N1CCC(Oc2ccc(Br)cn2)C1. The summed E-state index contributed by atoms with van der Waals surface area (Å²) in [5, 5.41) is 0. The van der Waals surface area contributed by atoms with Crippen molar-refractivity contribution in [2.45, 2.75) is 17.4 Å². The Kier molecular flexibility index (Phi) is 4.65. The number of ether oxygens (including phenoxy) is 1. The lowest BCUT2D eigenvalue weighted by molar-refractivity contribution is 0.207. The first kappa shape index (κ1) is 16.4. The number of aromatic nitrogens is 1. The number of hydrogen-bond acceptors (Lipinski definition) is 4. The highest BCUT2D eigenvalue weighted by Gasteiger charge is 2.33. The molecule has 1 aliphatic heterocycles. The van der Waals surface area contributed by atoms with Crippen LogP contribution in [0.15, 0.2) is 52.0 Å². The second-order valence-electron chi connectivity index (χ2n) is 5.16. The highest BCUT2D eigenvalue weighted by atomic mass is 79.9. The maximum atomic E-state index is 13.3. The second kappa shape index (κ2) is 6.54. The molecule has 1 unspecified atom stereocenters. The molecule has 0 spiro atoms. The van der Waals surface area contributed by atoms with Gasteiger partial charge in [-0.3, -0.25) is 0 Å². The van der Waals surface area contributed by atoms with Crippen molar-refractivity contribution in [1.82, 2.24) is 9.29 Å². The van der Waals surface area contributed by atoms with E-state index in [0.717, 1.165) is 10.5 Å². The Labute approximate surface area is 142 Å². The Morgan fingerprint density at radius 3 is 2.83 bits per heavy atom. The minimum absolute atomic E-state index is 0.0417. The summed E-state index contributed by atoms with van der Waals surface area (Å²) >= 11 is 3.29. The molecule has 0 N–H and O–H groups in total. The van der Waals surface area contributed by atoms with E-state index in [2.05, 4.69) is 20.9 Å². The van der Waals surface area contributed by atoms with E-state index in [1.807, 2.05) is 0 Å². The van der Waals surface area contributed by atoms with Gasteiger partial charge in [0.1, 0.15) is 11.9 Å². The van der Waals surface area contributed by atoms with Crippen molar-refractivity contribution in [1.29, 1.82) is 0 Å². The van der Waals surface area contributed by atoms with Gasteiger partial charge in [-0.15, -0.1) is 0 Å². The third-order valence-corrected chi connectivity index (χ3v) is 5.86. The highest BCUT2D eigenvalue weighted by molar-refractivity contribution is 9.10. The van der Waals surface area contributed by atoms with Crippen LogP contribution in [0.4, 0.5) is 4.39 Å². The van der Waals surface area contributed by atoms with Crippen LogP contribution in [0, 0.1) is 5.82 Å². The molecule has 0 bridgehead atoms. The summed E-state index contributed by atoms with van der Waals surface area (Å²) in [4.78, 5) is 4.07. The monoisotopic (exact) mass is 400 g/mol. The van der Waals surface area contributed by atoms with Gasteiger partial charge in [0.25, 0.3) is 0 Å². The molecule has 2 heterocycles. The molecule has 1 atom stereocenters. The minimum atomic E-state index is -3.71. The van der Waals surface area contributed by atoms with Crippen LogP contribution < -0.4 is 4.74 Å². The summed E-state index contributed by atoms with van der Waals surface area (Å²) in [6, 6.07) is 8.54. The van der Waals surface area contributed by atoms with Crippen molar-refractivity contribution in [2.24, 2.45) is 0 Å². The maximum Gasteiger partial charge on any atom is 0.243 e. The van der Waals surface area contributed by atoms with Gasteiger partial charge in [-0.05, 0) is 46.6 Å². The van der Waals surface area contributed by atoms with Gasteiger partial charge in [-0.2, -0.15) is 4.31 Å². The van der Waals surface area contributed by atoms with Crippen molar-refractivity contribution in [3.05, 3.63) is 52.9 Å². The average molecular weight is 401 g/mol. The van der Waals surface area contributed by atoms with Crippen LogP contribution >= 0.6 is 15.9 Å². The molecular formula is C15H14BrFN2O3S. The Balaban J connectivity index is 1.70. The third kappa shape index (κ3) is 3.70. The summed E-state index contributed by atoms with van der Waals surface area (Å²) < 4.78 is 46.1. The molecule has 1 saturated heterocycles. The Morgan fingerprint density at radius 2 is 2.13 bits per heavy atom. The summed E-state index contributed by atoms with van der Waals surface area (Å²) in [6.45, 7) is 0.552. The highest BCUT2D eigenvalue weighted by Crippen LogP contribution is 2.24. The van der Waals surface area contributed by atoms with Crippen molar-refractivity contribution < 1.29 is 17.5 Å². The van der Waals surface area contributed by atoms with Crippen molar-refractivity contribution in [3.8, 4) is 5.88 Å². The van der Waals surface area contributed by atoms with E-state index in [0.29, 0.717) is 18.8 Å². The van der Waals surface area contributed by atoms with E-state index < -0.39 is 15.8 Å². The number of halogens is 2. The molecule has 0 amide bonds. The summed E-state index contributed by atoms with van der Waals surface area (Å²) in [5.74, 6) is -0.125. The summed E-state index contributed by atoms with van der Waals surface area (Å²) in [7, 11) is -3.71. The normalized spacial score (nSPS) is 19.0. The first-order valence-corrected chi connectivity index (χ1v) is 9.22. The first-order valence-electron chi connectivity index (χ1n) is 6.99. The Morgan fingerprint density at radius 1 is 1.30 bits per heavy atom. The van der Waals surface area contributed by atoms with Crippen LogP contribution in [-0.2, 0) is 10.0 Å². The molecular weight excluding hydrogens is 387 g/mol. The third-order valence-electron chi connectivity index (χ3n) is 3.53. The summed E-state index contributed by atoms with van der Waals surface area (Å²) in [6.07, 6.45) is 1.91. The van der Waals surface area contributed by atoms with Crippen LogP contribution in [0.25, 0.3) is 0 Å². The second-order valence-corrected chi connectivity index (χ2v) is 8.02. The van der Waals surface area contributed by atoms with Crippen LogP contribution in [0.3, 0.4) is 0 Å². The Hall–Kier alpha value is -1.51. The fourth-order valence-electron chi connectivity index (χ4n) is 2.39. The topological polar surface area (TPSA) is 59.5 Å². The quantitative estimate of drug-likeness (QED) is 0.791. The van der Waals surface area contributed by atoms with Gasteiger partial charge in [0, 0.05) is 23.3 Å². The van der Waals surface area contributed by atoms with Gasteiger partial charge in [0.15, 0.2) is 0 Å². The molecule has 1 fully saturated rings. The average Bonchev–Trinajstić information content (AvgIpc) is 2.99. The smallest absolute Gasteiger partial charge is 0.243 e. The van der Waals surface area contributed by atoms with E-state index in [-0.39, 0.29) is 17.5 Å². The molecule has 122 valence electrons. The number of sulfonamides is 1. The molecule has 5 nitrogen and oxygen atoms in total. The lowest BCUT2D eigenvalue weighted by Crippen LogP contribution is -2.31. The van der Waals surface area contributed by atoms with E-state index in [9.17, 15) is 12.8 Å². The maximum absolute atomic E-state index is 13.3. The van der Waals surface area contributed by atoms with Crippen LogP contribution in [0.2, 0.25) is 0 Å².